The summed E-state index contributed by atoms with van der Waals surface area (Å²) in [7, 11) is -9.91. The molecule has 3 N–H and O–H groups in total. The van der Waals surface area contributed by atoms with Gasteiger partial charge in [0.25, 0.3) is 0 Å². The van der Waals surface area contributed by atoms with Gasteiger partial charge in [-0.2, -0.15) is 0 Å². The Hall–Kier alpha value is -1.94. The minimum absolute atomic E-state index is 0.104. The number of carbonyl (C=O) groups excluding carboxylic acids is 4. The highest BCUT2D eigenvalue weighted by molar-refractivity contribution is 7.47. The fourth-order valence-electron chi connectivity index (χ4n) is 11.2. The van der Waals surface area contributed by atoms with Crippen LogP contribution in [0.4, 0.5) is 0 Å². The molecule has 0 aromatic carbocycles. The lowest BCUT2D eigenvalue weighted by atomic mass is 9.99. The summed E-state index contributed by atoms with van der Waals surface area (Å²) in [5.41, 5.74) is 0. The van der Waals surface area contributed by atoms with E-state index in [1.54, 1.807) is 0 Å². The van der Waals surface area contributed by atoms with E-state index in [0.29, 0.717) is 25.7 Å². The Balaban J connectivity index is 5.25. The Bertz CT molecular complexity index is 1840. The summed E-state index contributed by atoms with van der Waals surface area (Å²) >= 11 is 0. The molecule has 0 heterocycles. The zero-order chi connectivity index (χ0) is 68.9. The molecule has 17 nitrogen and oxygen atoms in total. The lowest BCUT2D eigenvalue weighted by Crippen LogP contribution is -2.30. The molecule has 0 amide bonds. The molecule has 0 fully saturated rings. The number of unbranched alkanes of at least 4 members (excludes halogenated alkanes) is 36. The number of phosphoric acid groups is 2. The molecule has 0 saturated heterocycles. The second kappa shape index (κ2) is 63.5. The number of hydrogen-bond acceptors (Lipinski definition) is 15. The average Bonchev–Trinajstić information content (AvgIpc) is 3.25. The van der Waals surface area contributed by atoms with Gasteiger partial charge in [-0.15, -0.1) is 0 Å². The monoisotopic (exact) mass is 1370 g/mol. The van der Waals surface area contributed by atoms with Crippen molar-refractivity contribution in [3.05, 3.63) is 0 Å². The number of aliphatic hydroxyl groups excluding tert-OH is 1. The van der Waals surface area contributed by atoms with E-state index >= 15 is 0 Å². The molecule has 0 bridgehead atoms. The number of rotatable bonds is 71. The van der Waals surface area contributed by atoms with Crippen LogP contribution in [0.3, 0.4) is 0 Å². The second-order valence-electron chi connectivity index (χ2n) is 28.4. The predicted molar refractivity (Wildman–Crippen MR) is 377 cm³/mol. The topological polar surface area (TPSA) is 237 Å². The van der Waals surface area contributed by atoms with E-state index in [1.807, 2.05) is 0 Å². The largest absolute Gasteiger partial charge is 0.472 e. The van der Waals surface area contributed by atoms with Gasteiger partial charge in [0, 0.05) is 25.7 Å². The zero-order valence-corrected chi connectivity index (χ0v) is 62.7. The molecule has 0 spiro atoms. The first-order chi connectivity index (χ1) is 44.6. The quantitative estimate of drug-likeness (QED) is 0.0222. The minimum Gasteiger partial charge on any atom is -0.462 e. The maximum atomic E-state index is 13.1. The van der Waals surface area contributed by atoms with Crippen molar-refractivity contribution in [1.82, 2.24) is 0 Å². The molecule has 0 radical (unpaired) electrons. The van der Waals surface area contributed by atoms with Crippen molar-refractivity contribution >= 4 is 39.5 Å². The summed E-state index contributed by atoms with van der Waals surface area (Å²) in [6.07, 6.45) is 47.2. The summed E-state index contributed by atoms with van der Waals surface area (Å²) in [4.78, 5) is 72.7. The number of phosphoric ester groups is 2. The van der Waals surface area contributed by atoms with E-state index in [9.17, 15) is 43.2 Å². The van der Waals surface area contributed by atoms with E-state index in [-0.39, 0.29) is 25.7 Å². The van der Waals surface area contributed by atoms with Gasteiger partial charge < -0.3 is 33.8 Å². The zero-order valence-electron chi connectivity index (χ0n) is 60.9. The number of hydrogen-bond donors (Lipinski definition) is 3. The van der Waals surface area contributed by atoms with Crippen molar-refractivity contribution < 1.29 is 80.2 Å². The first-order valence-corrected chi connectivity index (χ1v) is 41.2. The molecule has 0 aromatic rings. The molecule has 0 aliphatic carbocycles. The van der Waals surface area contributed by atoms with Gasteiger partial charge in [-0.25, -0.2) is 9.13 Å². The van der Waals surface area contributed by atoms with E-state index in [2.05, 4.69) is 55.4 Å². The highest BCUT2D eigenvalue weighted by atomic mass is 31.2. The van der Waals surface area contributed by atoms with Gasteiger partial charge in [-0.1, -0.05) is 319 Å². The molecular weight excluding hydrogens is 1220 g/mol. The van der Waals surface area contributed by atoms with Crippen LogP contribution in [-0.2, 0) is 65.4 Å². The van der Waals surface area contributed by atoms with E-state index in [1.165, 1.54) is 173 Å². The van der Waals surface area contributed by atoms with Crippen LogP contribution >= 0.6 is 15.6 Å². The van der Waals surface area contributed by atoms with Gasteiger partial charge >= 0.3 is 39.5 Å². The first kappa shape index (κ1) is 91.1. The number of aliphatic hydroxyl groups is 1. The third-order valence-corrected chi connectivity index (χ3v) is 19.3. The second-order valence-corrected chi connectivity index (χ2v) is 31.3. The van der Waals surface area contributed by atoms with Crippen LogP contribution in [0, 0.1) is 23.7 Å². The van der Waals surface area contributed by atoms with Crippen LogP contribution in [0.1, 0.15) is 370 Å². The Morgan fingerprint density at radius 3 is 0.763 bits per heavy atom. The number of carbonyl (C=O) groups is 4. The summed E-state index contributed by atoms with van der Waals surface area (Å²) in [6.45, 7) is 14.2. The summed E-state index contributed by atoms with van der Waals surface area (Å²) in [5.74, 6) is 0.922. The van der Waals surface area contributed by atoms with Gasteiger partial charge in [0.1, 0.15) is 19.3 Å². The molecule has 552 valence electrons. The van der Waals surface area contributed by atoms with E-state index in [0.717, 1.165) is 114 Å². The summed E-state index contributed by atoms with van der Waals surface area (Å²) < 4.78 is 68.4. The van der Waals surface area contributed by atoms with Gasteiger partial charge in [0.2, 0.25) is 0 Å². The van der Waals surface area contributed by atoms with Gasteiger partial charge in [0.15, 0.2) is 12.2 Å². The summed E-state index contributed by atoms with van der Waals surface area (Å²) in [6, 6.07) is 0. The van der Waals surface area contributed by atoms with Gasteiger partial charge in [-0.05, 0) is 49.4 Å². The van der Waals surface area contributed by atoms with Crippen LogP contribution in [0.15, 0.2) is 0 Å². The lowest BCUT2D eigenvalue weighted by Gasteiger charge is -2.21. The van der Waals surface area contributed by atoms with Crippen molar-refractivity contribution in [2.24, 2.45) is 23.7 Å². The molecule has 0 aliphatic rings. The maximum absolute atomic E-state index is 13.1. The molecule has 93 heavy (non-hydrogen) atoms. The fraction of sp³-hybridized carbons (Fsp3) is 0.946. The maximum Gasteiger partial charge on any atom is 0.472 e. The molecular formula is C74H144O17P2. The van der Waals surface area contributed by atoms with Crippen LogP contribution in [0.5, 0.6) is 0 Å². The molecule has 0 aromatic heterocycles. The predicted octanol–water partition coefficient (Wildman–Crippen LogP) is 21.3. The number of esters is 4. The van der Waals surface area contributed by atoms with Crippen molar-refractivity contribution in [2.75, 3.05) is 39.6 Å². The SMILES string of the molecule is CCC(C)CCCCCCCCCCCCC(=O)O[C@H](COC(=O)CCCCCCCCCCCCCCCCC(C)C)COP(=O)(O)OCC(O)COP(=O)(O)OC[C@@H](COC(=O)CCCCCCCCCCC(C)C)OC(=O)CCCCCCCCCCC(C)C. The van der Waals surface area contributed by atoms with Crippen LogP contribution in [0.25, 0.3) is 0 Å². The Kier molecular flexibility index (Phi) is 62.2. The molecule has 6 atom stereocenters. The van der Waals surface area contributed by atoms with Crippen molar-refractivity contribution in [3.8, 4) is 0 Å². The van der Waals surface area contributed by atoms with Gasteiger partial charge in [0.05, 0.1) is 26.4 Å². The highest BCUT2D eigenvalue weighted by Gasteiger charge is 2.30. The molecule has 4 unspecified atom stereocenters. The fourth-order valence-corrected chi connectivity index (χ4v) is 12.7. The van der Waals surface area contributed by atoms with Crippen molar-refractivity contribution in [1.29, 1.82) is 0 Å². The molecule has 0 aliphatic heterocycles. The first-order valence-electron chi connectivity index (χ1n) is 38.2. The Morgan fingerprint density at radius 1 is 0.301 bits per heavy atom. The standard InChI is InChI=1S/C74H144O17P2/c1-9-67(8)53-45-37-29-19-16-17-21-32-40-48-56-73(78)90-69(60-84-71(76)54-46-38-30-20-15-13-11-10-12-14-18-26-34-42-50-64(2)3)62-88-92(80,81)86-58-68(75)59-87-93(82,83)89-63-70(91-74(79)57-49-41-33-25-23-28-36-44-52-66(6)7)61-85-72(77)55-47-39-31-24-22-27-35-43-51-65(4)5/h64-70,75H,9-63H2,1-8H3,(H,80,81)(H,82,83)/t67?,68?,69-,70-/m1/s1. The summed E-state index contributed by atoms with van der Waals surface area (Å²) in [5, 5.41) is 10.6. The van der Waals surface area contributed by atoms with E-state index in [4.69, 9.17) is 37.0 Å². The normalized spacial score (nSPS) is 14.5. The Morgan fingerprint density at radius 2 is 0.516 bits per heavy atom. The average molecular weight is 1370 g/mol. The van der Waals surface area contributed by atoms with Gasteiger partial charge in [-0.3, -0.25) is 37.3 Å². The third-order valence-electron chi connectivity index (χ3n) is 17.4. The van der Waals surface area contributed by atoms with E-state index < -0.39 is 97.5 Å². The number of ether oxygens (including phenoxy) is 4. The molecule has 0 rings (SSSR count). The lowest BCUT2D eigenvalue weighted by molar-refractivity contribution is -0.161. The molecule has 0 saturated carbocycles. The van der Waals surface area contributed by atoms with Crippen LogP contribution in [0.2, 0.25) is 0 Å². The minimum atomic E-state index is -4.96. The highest BCUT2D eigenvalue weighted by Crippen LogP contribution is 2.45. The third kappa shape index (κ3) is 67.0. The van der Waals surface area contributed by atoms with Crippen molar-refractivity contribution in [2.45, 2.75) is 388 Å². The smallest absolute Gasteiger partial charge is 0.462 e. The van der Waals surface area contributed by atoms with Crippen molar-refractivity contribution in [3.63, 3.8) is 0 Å². The van der Waals surface area contributed by atoms with Crippen LogP contribution < -0.4 is 0 Å². The molecule has 19 heteroatoms. The Labute approximate surface area is 568 Å². The van der Waals surface area contributed by atoms with Crippen LogP contribution in [-0.4, -0.2) is 96.7 Å².